The molecular formula is C13H15FN2O5. The van der Waals surface area contributed by atoms with E-state index >= 15 is 0 Å². The summed E-state index contributed by atoms with van der Waals surface area (Å²) in [7, 11) is 0. The van der Waals surface area contributed by atoms with E-state index in [0.717, 1.165) is 12.1 Å². The van der Waals surface area contributed by atoms with Crippen molar-refractivity contribution in [3.63, 3.8) is 0 Å². The Morgan fingerprint density at radius 2 is 1.95 bits per heavy atom. The molecule has 2 N–H and O–H groups in total. The zero-order valence-electron chi connectivity index (χ0n) is 11.7. The topological polar surface area (TPSA) is 110 Å². The minimum atomic E-state index is -1.26. The number of hydrogen-bond donors (Lipinski definition) is 2. The first kappa shape index (κ1) is 16.5. The molecule has 0 radical (unpaired) electrons. The minimum absolute atomic E-state index is 0.392. The first-order valence-corrected chi connectivity index (χ1v) is 6.01. The lowest BCUT2D eigenvalue weighted by Crippen LogP contribution is -2.49. The molecule has 1 aromatic carbocycles. The summed E-state index contributed by atoms with van der Waals surface area (Å²) in [5, 5.41) is 22.2. The molecule has 8 heteroatoms. The van der Waals surface area contributed by atoms with Gasteiger partial charge in [-0.15, -0.1) is 0 Å². The van der Waals surface area contributed by atoms with Crippen LogP contribution in [0.25, 0.3) is 0 Å². The van der Waals surface area contributed by atoms with Crippen LogP contribution in [0.3, 0.4) is 0 Å². The highest BCUT2D eigenvalue weighted by molar-refractivity contribution is 6.00. The summed E-state index contributed by atoms with van der Waals surface area (Å²) in [5.74, 6) is -3.06. The molecule has 0 aromatic heterocycles. The Bertz CT molecular complexity index is 595. The van der Waals surface area contributed by atoms with Gasteiger partial charge in [-0.05, 0) is 17.5 Å². The molecule has 1 amide bonds. The van der Waals surface area contributed by atoms with Gasteiger partial charge in [-0.3, -0.25) is 14.9 Å². The molecule has 114 valence electrons. The number of halogens is 1. The van der Waals surface area contributed by atoms with Gasteiger partial charge in [0.2, 0.25) is 0 Å². The predicted octanol–water partition coefficient (Wildman–Crippen LogP) is 1.96. The van der Waals surface area contributed by atoms with Gasteiger partial charge in [0.15, 0.2) is 0 Å². The number of nitrogens with zero attached hydrogens (tertiary/aromatic N) is 1. The second-order valence-corrected chi connectivity index (χ2v) is 5.53. The fourth-order valence-electron chi connectivity index (χ4n) is 1.71. The summed E-state index contributed by atoms with van der Waals surface area (Å²) in [4.78, 5) is 33.2. The number of rotatable bonds is 4. The molecule has 0 aliphatic carbocycles. The molecular weight excluding hydrogens is 283 g/mol. The van der Waals surface area contributed by atoms with E-state index in [1.165, 1.54) is 0 Å². The van der Waals surface area contributed by atoms with Crippen LogP contribution in [0.2, 0.25) is 0 Å². The maximum atomic E-state index is 13.0. The second kappa shape index (κ2) is 5.86. The number of benzene rings is 1. The Morgan fingerprint density at radius 1 is 1.38 bits per heavy atom. The highest BCUT2D eigenvalue weighted by Crippen LogP contribution is 2.23. The van der Waals surface area contributed by atoms with Crippen LogP contribution in [0.4, 0.5) is 10.1 Å². The smallest absolute Gasteiger partial charge is 0.326 e. The molecule has 1 aromatic rings. The summed E-state index contributed by atoms with van der Waals surface area (Å²) in [6, 6.07) is 1.22. The summed E-state index contributed by atoms with van der Waals surface area (Å²) in [6.45, 7) is 4.81. The van der Waals surface area contributed by atoms with Gasteiger partial charge in [-0.2, -0.15) is 0 Å². The van der Waals surface area contributed by atoms with Crippen LogP contribution in [-0.4, -0.2) is 27.9 Å². The summed E-state index contributed by atoms with van der Waals surface area (Å²) in [5.41, 5.74) is -1.90. The Morgan fingerprint density at radius 3 is 2.38 bits per heavy atom. The van der Waals surface area contributed by atoms with Crippen LogP contribution in [0.1, 0.15) is 31.1 Å². The molecule has 21 heavy (non-hydrogen) atoms. The van der Waals surface area contributed by atoms with Crippen molar-refractivity contribution in [3.05, 3.63) is 39.7 Å². The number of nitro groups is 1. The zero-order chi connectivity index (χ0) is 16.4. The summed E-state index contributed by atoms with van der Waals surface area (Å²) in [6.07, 6.45) is 0. The molecule has 7 nitrogen and oxygen atoms in total. The van der Waals surface area contributed by atoms with E-state index in [0.29, 0.717) is 6.07 Å². The molecule has 0 fully saturated rings. The molecule has 1 rings (SSSR count). The number of amides is 1. The zero-order valence-corrected chi connectivity index (χ0v) is 11.7. The lowest BCUT2D eigenvalue weighted by Gasteiger charge is -2.27. The molecule has 1 atom stereocenters. The predicted molar refractivity (Wildman–Crippen MR) is 71.4 cm³/mol. The highest BCUT2D eigenvalue weighted by atomic mass is 19.1. The summed E-state index contributed by atoms with van der Waals surface area (Å²) < 4.78 is 13.0. The van der Waals surface area contributed by atoms with Gasteiger partial charge in [-0.25, -0.2) is 9.18 Å². The molecule has 0 unspecified atom stereocenters. The van der Waals surface area contributed by atoms with Crippen molar-refractivity contribution in [2.75, 3.05) is 0 Å². The average molecular weight is 298 g/mol. The van der Waals surface area contributed by atoms with Crippen LogP contribution in [0.15, 0.2) is 18.2 Å². The van der Waals surface area contributed by atoms with Gasteiger partial charge in [0.25, 0.3) is 11.6 Å². The van der Waals surface area contributed by atoms with Gasteiger partial charge in [-0.1, -0.05) is 20.8 Å². The van der Waals surface area contributed by atoms with Crippen LogP contribution < -0.4 is 5.32 Å². The average Bonchev–Trinajstić information content (AvgIpc) is 2.33. The van der Waals surface area contributed by atoms with Crippen LogP contribution >= 0.6 is 0 Å². The van der Waals surface area contributed by atoms with Crippen molar-refractivity contribution < 1.29 is 24.0 Å². The van der Waals surface area contributed by atoms with Crippen molar-refractivity contribution in [2.45, 2.75) is 26.8 Å². The van der Waals surface area contributed by atoms with Crippen LogP contribution in [0, 0.1) is 21.3 Å². The lowest BCUT2D eigenvalue weighted by atomic mass is 9.86. The molecule has 0 aliphatic rings. The van der Waals surface area contributed by atoms with Crippen molar-refractivity contribution in [2.24, 2.45) is 5.41 Å². The third kappa shape index (κ3) is 3.98. The number of hydrogen-bond acceptors (Lipinski definition) is 4. The first-order chi connectivity index (χ1) is 9.54. The maximum Gasteiger partial charge on any atom is 0.326 e. The second-order valence-electron chi connectivity index (χ2n) is 5.53. The van der Waals surface area contributed by atoms with E-state index in [2.05, 4.69) is 5.32 Å². The highest BCUT2D eigenvalue weighted by Gasteiger charge is 2.34. The van der Waals surface area contributed by atoms with Crippen molar-refractivity contribution in [3.8, 4) is 0 Å². The van der Waals surface area contributed by atoms with Gasteiger partial charge < -0.3 is 10.4 Å². The Hall–Kier alpha value is -2.51. The SMILES string of the molecule is CC(C)(C)[C@@H](NC(=O)c1ccc(F)cc1[N+](=O)[O-])C(=O)O. The van der Waals surface area contributed by atoms with E-state index in [4.69, 9.17) is 5.11 Å². The van der Waals surface area contributed by atoms with Crippen LogP contribution in [0.5, 0.6) is 0 Å². The largest absolute Gasteiger partial charge is 0.480 e. The number of carboxylic acid groups (broad SMARTS) is 1. The van der Waals surface area contributed by atoms with Gasteiger partial charge in [0, 0.05) is 0 Å². The van der Waals surface area contributed by atoms with E-state index in [1.54, 1.807) is 20.8 Å². The molecule has 0 saturated carbocycles. The normalized spacial score (nSPS) is 12.6. The molecule has 0 saturated heterocycles. The number of carbonyl (C=O) groups excluding carboxylic acids is 1. The Kier molecular flexibility index (Phi) is 4.62. The maximum absolute atomic E-state index is 13.0. The van der Waals surface area contributed by atoms with E-state index < -0.39 is 45.3 Å². The third-order valence-electron chi connectivity index (χ3n) is 2.79. The van der Waals surface area contributed by atoms with Gasteiger partial charge >= 0.3 is 5.97 Å². The monoisotopic (exact) mass is 298 g/mol. The number of nitrogens with one attached hydrogen (secondary N) is 1. The van der Waals surface area contributed by atoms with Crippen molar-refractivity contribution in [1.29, 1.82) is 0 Å². The standard InChI is InChI=1S/C13H15FN2O5/c1-13(2,3)10(12(18)19)15-11(17)8-5-4-7(14)6-9(8)16(20)21/h4-6,10H,1-3H3,(H,15,17)(H,18,19)/t10-/m0/s1. The summed E-state index contributed by atoms with van der Waals surface area (Å²) >= 11 is 0. The fraction of sp³-hybridized carbons (Fsp3) is 0.385. The van der Waals surface area contributed by atoms with Gasteiger partial charge in [0.05, 0.1) is 11.0 Å². The first-order valence-electron chi connectivity index (χ1n) is 6.01. The quantitative estimate of drug-likeness (QED) is 0.652. The number of carboxylic acids is 1. The molecule has 0 bridgehead atoms. The molecule has 0 spiro atoms. The van der Waals surface area contributed by atoms with E-state index in [9.17, 15) is 24.1 Å². The lowest BCUT2D eigenvalue weighted by molar-refractivity contribution is -0.385. The van der Waals surface area contributed by atoms with E-state index in [1.807, 2.05) is 0 Å². The molecule has 0 heterocycles. The molecule has 0 aliphatic heterocycles. The van der Waals surface area contributed by atoms with Crippen LogP contribution in [-0.2, 0) is 4.79 Å². The van der Waals surface area contributed by atoms with E-state index in [-0.39, 0.29) is 0 Å². The minimum Gasteiger partial charge on any atom is -0.480 e. The fourth-order valence-corrected chi connectivity index (χ4v) is 1.71. The third-order valence-corrected chi connectivity index (χ3v) is 2.79. The van der Waals surface area contributed by atoms with Crippen molar-refractivity contribution in [1.82, 2.24) is 5.32 Å². The number of aliphatic carboxylic acids is 1. The van der Waals surface area contributed by atoms with Crippen molar-refractivity contribution >= 4 is 17.6 Å². The number of carbonyl (C=O) groups is 2. The van der Waals surface area contributed by atoms with Gasteiger partial charge in [0.1, 0.15) is 17.4 Å². The number of nitro benzene ring substituents is 1. The Balaban J connectivity index is 3.15. The Labute approximate surface area is 119 Å².